The lowest BCUT2D eigenvalue weighted by Crippen LogP contribution is -2.36. The Bertz CT molecular complexity index is 513. The van der Waals surface area contributed by atoms with Gasteiger partial charge < -0.3 is 10.0 Å². The first-order chi connectivity index (χ1) is 10.6. The van der Waals surface area contributed by atoms with Gasteiger partial charge in [0.05, 0.1) is 4.58 Å². The summed E-state index contributed by atoms with van der Waals surface area (Å²) in [4.78, 5) is 24.7. The van der Waals surface area contributed by atoms with Crippen LogP contribution in [0.5, 0.6) is 0 Å². The zero-order chi connectivity index (χ0) is 15.9. The molecule has 1 N–H and O–H groups in total. The predicted octanol–water partition coefficient (Wildman–Crippen LogP) is 3.49. The van der Waals surface area contributed by atoms with E-state index in [1.165, 1.54) is 28.4 Å². The average molecular weight is 339 g/mol. The number of carbonyl (C=O) groups excluding carboxylic acids is 1. The molecule has 0 bridgehead atoms. The average Bonchev–Trinajstić information content (AvgIpc) is 2.54. The summed E-state index contributed by atoms with van der Waals surface area (Å²) >= 11 is 3.89. The van der Waals surface area contributed by atoms with Crippen LogP contribution in [0.1, 0.15) is 40.3 Å². The second-order valence-electron chi connectivity index (χ2n) is 5.17. The number of benzene rings is 1. The lowest BCUT2D eigenvalue weighted by Gasteiger charge is -2.22. The summed E-state index contributed by atoms with van der Waals surface area (Å²) in [6.07, 6.45) is 2.00. The molecule has 0 saturated carbocycles. The number of hydrogen-bond donors (Lipinski definition) is 1. The third-order valence-electron chi connectivity index (χ3n) is 3.36. The van der Waals surface area contributed by atoms with Crippen LogP contribution in [0.3, 0.4) is 0 Å². The topological polar surface area (TPSA) is 57.6 Å². The number of amides is 1. The van der Waals surface area contributed by atoms with E-state index in [-0.39, 0.29) is 12.5 Å². The molecular formula is C16H21NO3S2. The lowest BCUT2D eigenvalue weighted by molar-refractivity contribution is -0.137. The molecular weight excluding hydrogens is 318 g/mol. The number of thioether (sulfide) groups is 2. The molecule has 0 atom stereocenters. The first-order valence-electron chi connectivity index (χ1n) is 7.46. The van der Waals surface area contributed by atoms with Crippen molar-refractivity contribution in [1.82, 2.24) is 4.90 Å². The summed E-state index contributed by atoms with van der Waals surface area (Å²) in [5, 5.41) is 8.92. The van der Waals surface area contributed by atoms with Crippen molar-refractivity contribution in [2.45, 2.75) is 24.3 Å². The molecule has 1 amide bonds. The van der Waals surface area contributed by atoms with Gasteiger partial charge in [0.25, 0.3) is 5.91 Å². The number of nitrogens with zero attached hydrogens (tertiary/aromatic N) is 1. The van der Waals surface area contributed by atoms with Crippen molar-refractivity contribution in [2.24, 2.45) is 0 Å². The van der Waals surface area contributed by atoms with Crippen molar-refractivity contribution in [3.63, 3.8) is 0 Å². The zero-order valence-electron chi connectivity index (χ0n) is 12.7. The van der Waals surface area contributed by atoms with Crippen LogP contribution >= 0.6 is 23.5 Å². The molecule has 6 heteroatoms. The van der Waals surface area contributed by atoms with Crippen molar-refractivity contribution in [3.8, 4) is 0 Å². The molecule has 0 aliphatic carbocycles. The standard InChI is InChI=1S/C16H21NO3S2/c1-2-8-17(11-14(18)19)15(20)12-4-6-13(7-5-12)16-21-9-3-10-22-16/h4-7,16H,2-3,8-11H2,1H3,(H,18,19). The normalized spacial score (nSPS) is 15.5. The lowest BCUT2D eigenvalue weighted by atomic mass is 10.1. The van der Waals surface area contributed by atoms with E-state index in [0.717, 1.165) is 6.42 Å². The first-order valence-corrected chi connectivity index (χ1v) is 9.55. The summed E-state index contributed by atoms with van der Waals surface area (Å²) in [5.74, 6) is 1.18. The van der Waals surface area contributed by atoms with Crippen LogP contribution < -0.4 is 0 Å². The largest absolute Gasteiger partial charge is 0.480 e. The Labute approximate surface area is 139 Å². The van der Waals surface area contributed by atoms with Crippen molar-refractivity contribution < 1.29 is 14.7 Å². The van der Waals surface area contributed by atoms with Crippen molar-refractivity contribution in [2.75, 3.05) is 24.6 Å². The van der Waals surface area contributed by atoms with Gasteiger partial charge >= 0.3 is 5.97 Å². The minimum absolute atomic E-state index is 0.209. The van der Waals surface area contributed by atoms with Crippen LogP contribution in [0.4, 0.5) is 0 Å². The van der Waals surface area contributed by atoms with E-state index in [1.54, 1.807) is 0 Å². The molecule has 4 nitrogen and oxygen atoms in total. The van der Waals surface area contributed by atoms with E-state index < -0.39 is 5.97 Å². The highest BCUT2D eigenvalue weighted by Crippen LogP contribution is 2.43. The Balaban J connectivity index is 2.07. The van der Waals surface area contributed by atoms with Crippen LogP contribution in [-0.2, 0) is 4.79 Å². The second-order valence-corrected chi connectivity index (χ2v) is 7.89. The summed E-state index contributed by atoms with van der Waals surface area (Å²) in [5.41, 5.74) is 1.79. The van der Waals surface area contributed by atoms with Gasteiger partial charge in [0.15, 0.2) is 0 Å². The van der Waals surface area contributed by atoms with Crippen LogP contribution in [0, 0.1) is 0 Å². The fourth-order valence-electron chi connectivity index (χ4n) is 2.33. The Morgan fingerprint density at radius 1 is 1.23 bits per heavy atom. The van der Waals surface area contributed by atoms with E-state index in [0.29, 0.717) is 16.7 Å². The monoisotopic (exact) mass is 339 g/mol. The van der Waals surface area contributed by atoms with Gasteiger partial charge in [-0.1, -0.05) is 19.1 Å². The van der Waals surface area contributed by atoms with Gasteiger partial charge in [-0.15, -0.1) is 23.5 Å². The zero-order valence-corrected chi connectivity index (χ0v) is 14.3. The van der Waals surface area contributed by atoms with Crippen LogP contribution in [0.15, 0.2) is 24.3 Å². The maximum Gasteiger partial charge on any atom is 0.323 e. The van der Waals surface area contributed by atoms with Gasteiger partial charge in [0, 0.05) is 12.1 Å². The summed E-state index contributed by atoms with van der Waals surface area (Å²) in [6, 6.07) is 7.62. The number of hydrogen-bond acceptors (Lipinski definition) is 4. The van der Waals surface area contributed by atoms with E-state index in [9.17, 15) is 9.59 Å². The summed E-state index contributed by atoms with van der Waals surface area (Å²) < 4.78 is 0.448. The molecule has 1 aliphatic rings. The summed E-state index contributed by atoms with van der Waals surface area (Å²) in [6.45, 7) is 2.15. The van der Waals surface area contributed by atoms with Crippen LogP contribution in [-0.4, -0.2) is 46.5 Å². The molecule has 120 valence electrons. The molecule has 0 aromatic heterocycles. The van der Waals surface area contributed by atoms with Gasteiger partial charge in [0.1, 0.15) is 6.54 Å². The van der Waals surface area contributed by atoms with Crippen LogP contribution in [0.2, 0.25) is 0 Å². The van der Waals surface area contributed by atoms with Gasteiger partial charge in [-0.05, 0) is 42.0 Å². The molecule has 22 heavy (non-hydrogen) atoms. The highest BCUT2D eigenvalue weighted by molar-refractivity contribution is 8.16. The Morgan fingerprint density at radius 3 is 2.41 bits per heavy atom. The molecule has 2 rings (SSSR count). The molecule has 0 spiro atoms. The number of carboxylic acid groups (broad SMARTS) is 1. The predicted molar refractivity (Wildman–Crippen MR) is 92.5 cm³/mol. The van der Waals surface area contributed by atoms with Gasteiger partial charge in [-0.25, -0.2) is 0 Å². The van der Waals surface area contributed by atoms with Gasteiger partial charge in [0.2, 0.25) is 0 Å². The minimum Gasteiger partial charge on any atom is -0.480 e. The van der Waals surface area contributed by atoms with Gasteiger partial charge in [-0.3, -0.25) is 9.59 Å². The van der Waals surface area contributed by atoms with E-state index >= 15 is 0 Å². The Morgan fingerprint density at radius 2 is 1.86 bits per heavy atom. The number of carboxylic acids is 1. The molecule has 1 aliphatic heterocycles. The smallest absolute Gasteiger partial charge is 0.323 e. The molecule has 1 saturated heterocycles. The minimum atomic E-state index is -0.978. The van der Waals surface area contributed by atoms with E-state index in [4.69, 9.17) is 5.11 Å². The Kier molecular flexibility index (Phi) is 6.64. The van der Waals surface area contributed by atoms with E-state index in [1.807, 2.05) is 54.7 Å². The number of carbonyl (C=O) groups is 2. The molecule has 0 radical (unpaired) electrons. The van der Waals surface area contributed by atoms with E-state index in [2.05, 4.69) is 0 Å². The SMILES string of the molecule is CCCN(CC(=O)O)C(=O)c1ccc(C2SCCCS2)cc1. The third-order valence-corrected chi connectivity index (χ3v) is 6.38. The quantitative estimate of drug-likeness (QED) is 0.860. The fraction of sp³-hybridized carbons (Fsp3) is 0.500. The van der Waals surface area contributed by atoms with Crippen molar-refractivity contribution in [1.29, 1.82) is 0 Å². The maximum atomic E-state index is 12.4. The first kappa shape index (κ1) is 17.2. The van der Waals surface area contributed by atoms with Crippen molar-refractivity contribution in [3.05, 3.63) is 35.4 Å². The number of rotatable bonds is 6. The highest BCUT2D eigenvalue weighted by atomic mass is 32.2. The van der Waals surface area contributed by atoms with Crippen molar-refractivity contribution >= 4 is 35.4 Å². The maximum absolute atomic E-state index is 12.4. The fourth-order valence-corrected chi connectivity index (χ4v) is 5.23. The molecule has 0 unspecified atom stereocenters. The third kappa shape index (κ3) is 4.68. The molecule has 1 heterocycles. The Hall–Kier alpha value is -1.14. The second kappa shape index (κ2) is 8.48. The van der Waals surface area contributed by atoms with Gasteiger partial charge in [-0.2, -0.15) is 0 Å². The highest BCUT2D eigenvalue weighted by Gasteiger charge is 2.20. The summed E-state index contributed by atoms with van der Waals surface area (Å²) in [7, 11) is 0. The van der Waals surface area contributed by atoms with Crippen LogP contribution in [0.25, 0.3) is 0 Å². The molecule has 1 aromatic rings. The number of aliphatic carboxylic acids is 1. The molecule has 1 fully saturated rings. The molecule has 1 aromatic carbocycles.